The molecular formula is C17H24ClN5O. The summed E-state index contributed by atoms with van der Waals surface area (Å²) in [5.74, 6) is 2.61. The minimum Gasteiger partial charge on any atom is -0.356 e. The van der Waals surface area contributed by atoms with Crippen LogP contribution in [0.4, 0.5) is 0 Å². The molecule has 2 N–H and O–H groups in total. The fourth-order valence-corrected chi connectivity index (χ4v) is 2.19. The first-order valence-corrected chi connectivity index (χ1v) is 8.49. The van der Waals surface area contributed by atoms with E-state index in [1.165, 1.54) is 0 Å². The Kier molecular flexibility index (Phi) is 7.06. The lowest BCUT2D eigenvalue weighted by Gasteiger charge is -2.11. The van der Waals surface area contributed by atoms with E-state index in [0.29, 0.717) is 35.6 Å². The summed E-state index contributed by atoms with van der Waals surface area (Å²) in [6, 6.07) is 7.36. The molecule has 0 aliphatic carbocycles. The first-order valence-electron chi connectivity index (χ1n) is 8.11. The van der Waals surface area contributed by atoms with E-state index in [4.69, 9.17) is 16.1 Å². The molecule has 7 heteroatoms. The monoisotopic (exact) mass is 349 g/mol. The van der Waals surface area contributed by atoms with Crippen molar-refractivity contribution in [2.24, 2.45) is 10.9 Å². The zero-order valence-corrected chi connectivity index (χ0v) is 15.1. The second kappa shape index (κ2) is 9.27. The maximum Gasteiger partial charge on any atom is 0.228 e. The van der Waals surface area contributed by atoms with Crippen LogP contribution in [0.1, 0.15) is 26.2 Å². The van der Waals surface area contributed by atoms with Gasteiger partial charge in [0, 0.05) is 37.1 Å². The zero-order chi connectivity index (χ0) is 17.4. The molecule has 0 aliphatic rings. The molecule has 6 nitrogen and oxygen atoms in total. The highest BCUT2D eigenvalue weighted by Crippen LogP contribution is 2.18. The van der Waals surface area contributed by atoms with E-state index in [0.717, 1.165) is 24.5 Å². The Morgan fingerprint density at radius 3 is 2.58 bits per heavy atom. The molecule has 0 unspecified atom stereocenters. The molecule has 24 heavy (non-hydrogen) atoms. The van der Waals surface area contributed by atoms with E-state index < -0.39 is 0 Å². The average molecular weight is 350 g/mol. The van der Waals surface area contributed by atoms with E-state index in [1.54, 1.807) is 19.2 Å². The van der Waals surface area contributed by atoms with Crippen molar-refractivity contribution in [2.75, 3.05) is 20.1 Å². The van der Waals surface area contributed by atoms with Gasteiger partial charge in [-0.05, 0) is 36.6 Å². The Morgan fingerprint density at radius 2 is 1.92 bits per heavy atom. The predicted molar refractivity (Wildman–Crippen MR) is 97.3 cm³/mol. The van der Waals surface area contributed by atoms with Crippen molar-refractivity contribution in [3.05, 3.63) is 35.2 Å². The van der Waals surface area contributed by atoms with Crippen molar-refractivity contribution in [3.8, 4) is 11.4 Å². The first-order chi connectivity index (χ1) is 11.6. The SMILES string of the molecule is CN=C(NCCc1nc(-c2ccc(Cl)cc2)no1)NCCC(C)C. The number of rotatable bonds is 7. The molecule has 1 aromatic carbocycles. The topological polar surface area (TPSA) is 75.3 Å². The Balaban J connectivity index is 1.79. The molecule has 2 aromatic rings. The molecule has 1 aromatic heterocycles. The molecule has 1 heterocycles. The Bertz CT molecular complexity index is 651. The van der Waals surface area contributed by atoms with Crippen molar-refractivity contribution >= 4 is 17.6 Å². The minimum absolute atomic E-state index is 0.570. The molecule has 0 spiro atoms. The predicted octanol–water partition coefficient (Wildman–Crippen LogP) is 3.14. The molecule has 0 saturated heterocycles. The van der Waals surface area contributed by atoms with E-state index >= 15 is 0 Å². The van der Waals surface area contributed by atoms with Crippen LogP contribution >= 0.6 is 11.6 Å². The number of guanidine groups is 1. The minimum atomic E-state index is 0.570. The van der Waals surface area contributed by atoms with Gasteiger partial charge in [-0.2, -0.15) is 4.98 Å². The van der Waals surface area contributed by atoms with Crippen molar-refractivity contribution in [1.82, 2.24) is 20.8 Å². The zero-order valence-electron chi connectivity index (χ0n) is 14.3. The van der Waals surface area contributed by atoms with Crippen LogP contribution in [0.2, 0.25) is 5.02 Å². The molecule has 2 rings (SSSR count). The summed E-state index contributed by atoms with van der Waals surface area (Å²) in [5.41, 5.74) is 0.883. The van der Waals surface area contributed by atoms with E-state index in [2.05, 4.69) is 39.6 Å². The second-order valence-electron chi connectivity index (χ2n) is 5.88. The number of aromatic nitrogens is 2. The van der Waals surface area contributed by atoms with Gasteiger partial charge in [0.05, 0.1) is 0 Å². The lowest BCUT2D eigenvalue weighted by Crippen LogP contribution is -2.39. The van der Waals surface area contributed by atoms with E-state index in [1.807, 2.05) is 12.1 Å². The van der Waals surface area contributed by atoms with Crippen LogP contribution < -0.4 is 10.6 Å². The highest BCUT2D eigenvalue weighted by Gasteiger charge is 2.08. The van der Waals surface area contributed by atoms with Gasteiger partial charge in [-0.25, -0.2) is 0 Å². The van der Waals surface area contributed by atoms with Crippen LogP contribution in [0.25, 0.3) is 11.4 Å². The first kappa shape index (κ1) is 18.3. The van der Waals surface area contributed by atoms with Gasteiger partial charge in [-0.1, -0.05) is 30.6 Å². The number of halogens is 1. The lowest BCUT2D eigenvalue weighted by molar-refractivity contribution is 0.378. The van der Waals surface area contributed by atoms with Gasteiger partial charge in [0.15, 0.2) is 5.96 Å². The number of aliphatic imine (C=N–C) groups is 1. The molecule has 0 atom stereocenters. The maximum absolute atomic E-state index is 5.88. The third-order valence-electron chi connectivity index (χ3n) is 3.44. The van der Waals surface area contributed by atoms with Crippen LogP contribution in [0.15, 0.2) is 33.8 Å². The molecule has 0 bridgehead atoms. The van der Waals surface area contributed by atoms with Gasteiger partial charge in [0.1, 0.15) is 0 Å². The fraction of sp³-hybridized carbons (Fsp3) is 0.471. The van der Waals surface area contributed by atoms with Gasteiger partial charge < -0.3 is 15.2 Å². The average Bonchev–Trinajstić information content (AvgIpc) is 3.02. The molecule has 0 amide bonds. The van der Waals surface area contributed by atoms with Crippen molar-refractivity contribution < 1.29 is 4.52 Å². The summed E-state index contributed by atoms with van der Waals surface area (Å²) in [5, 5.41) is 11.2. The summed E-state index contributed by atoms with van der Waals surface area (Å²) < 4.78 is 5.28. The molecule has 0 aliphatic heterocycles. The largest absolute Gasteiger partial charge is 0.356 e. The third kappa shape index (κ3) is 5.85. The molecule has 0 radical (unpaired) electrons. The second-order valence-corrected chi connectivity index (χ2v) is 6.31. The maximum atomic E-state index is 5.88. The summed E-state index contributed by atoms with van der Waals surface area (Å²) in [4.78, 5) is 8.59. The number of nitrogens with zero attached hydrogens (tertiary/aromatic N) is 3. The Morgan fingerprint density at radius 1 is 1.21 bits per heavy atom. The number of hydrogen-bond acceptors (Lipinski definition) is 4. The molecule has 130 valence electrons. The highest BCUT2D eigenvalue weighted by atomic mass is 35.5. The summed E-state index contributed by atoms with van der Waals surface area (Å²) in [6.45, 7) is 5.97. The van der Waals surface area contributed by atoms with Gasteiger partial charge in [-0.15, -0.1) is 0 Å². The van der Waals surface area contributed by atoms with Gasteiger partial charge in [-0.3, -0.25) is 4.99 Å². The van der Waals surface area contributed by atoms with Crippen LogP contribution in [0.3, 0.4) is 0 Å². The summed E-state index contributed by atoms with van der Waals surface area (Å²) in [6.07, 6.45) is 1.74. The van der Waals surface area contributed by atoms with Crippen LogP contribution in [-0.4, -0.2) is 36.2 Å². The standard InChI is InChI=1S/C17H24ClN5O/c1-12(2)8-10-20-17(19-3)21-11-9-15-22-16(23-24-15)13-4-6-14(18)7-5-13/h4-7,12H,8-11H2,1-3H3,(H2,19,20,21). The third-order valence-corrected chi connectivity index (χ3v) is 3.69. The van der Waals surface area contributed by atoms with Crippen LogP contribution in [0.5, 0.6) is 0 Å². The summed E-state index contributed by atoms with van der Waals surface area (Å²) in [7, 11) is 1.76. The van der Waals surface area contributed by atoms with Crippen molar-refractivity contribution in [3.63, 3.8) is 0 Å². The van der Waals surface area contributed by atoms with Crippen molar-refractivity contribution in [1.29, 1.82) is 0 Å². The van der Waals surface area contributed by atoms with Crippen molar-refractivity contribution in [2.45, 2.75) is 26.7 Å². The summed E-state index contributed by atoms with van der Waals surface area (Å²) >= 11 is 5.88. The molecule has 0 saturated carbocycles. The Hall–Kier alpha value is -2.08. The van der Waals surface area contributed by atoms with Gasteiger partial charge in [0.25, 0.3) is 0 Å². The number of nitrogens with one attached hydrogen (secondary N) is 2. The van der Waals surface area contributed by atoms with Crippen LogP contribution in [-0.2, 0) is 6.42 Å². The van der Waals surface area contributed by atoms with E-state index in [-0.39, 0.29) is 0 Å². The number of benzene rings is 1. The van der Waals surface area contributed by atoms with E-state index in [9.17, 15) is 0 Å². The molecule has 0 fully saturated rings. The molecular weight excluding hydrogens is 326 g/mol. The Labute approximate surface area is 147 Å². The van der Waals surface area contributed by atoms with Gasteiger partial charge in [0.2, 0.25) is 11.7 Å². The fourth-order valence-electron chi connectivity index (χ4n) is 2.06. The smallest absolute Gasteiger partial charge is 0.228 e. The lowest BCUT2D eigenvalue weighted by atomic mass is 10.1. The highest BCUT2D eigenvalue weighted by molar-refractivity contribution is 6.30. The van der Waals surface area contributed by atoms with Gasteiger partial charge >= 0.3 is 0 Å². The normalized spacial score (nSPS) is 11.8. The quantitative estimate of drug-likeness (QED) is 0.593. The van der Waals surface area contributed by atoms with Crippen LogP contribution in [0, 0.1) is 5.92 Å². The number of hydrogen-bond donors (Lipinski definition) is 2.